The molecule has 0 atom stereocenters. The Labute approximate surface area is 359 Å². The van der Waals surface area contributed by atoms with Gasteiger partial charge in [0.1, 0.15) is 0 Å². The Kier molecular flexibility index (Phi) is 9.36. The smallest absolute Gasteiger partial charge is 0.0664 e. The molecule has 61 heavy (non-hydrogen) atoms. The van der Waals surface area contributed by atoms with Crippen LogP contribution < -0.4 is 4.90 Å². The van der Waals surface area contributed by atoms with Gasteiger partial charge in [0, 0.05) is 17.1 Å². The van der Waals surface area contributed by atoms with Crippen LogP contribution in [0.25, 0.3) is 38.6 Å². The van der Waals surface area contributed by atoms with Crippen molar-refractivity contribution in [3.63, 3.8) is 0 Å². The van der Waals surface area contributed by atoms with Gasteiger partial charge in [-0.3, -0.25) is 0 Å². The molecular formula is C60H45N. The van der Waals surface area contributed by atoms with Crippen LogP contribution in [0.1, 0.15) is 40.7 Å². The van der Waals surface area contributed by atoms with E-state index in [4.69, 9.17) is 0 Å². The minimum absolute atomic E-state index is 0.485. The van der Waals surface area contributed by atoms with E-state index in [-0.39, 0.29) is 0 Å². The molecule has 0 fully saturated rings. The maximum absolute atomic E-state index is 2.55. The number of allylic oxidation sites excluding steroid dienone is 4. The second-order valence-corrected chi connectivity index (χ2v) is 16.4. The average molecular weight is 780 g/mol. The standard InChI is InChI=1S/C60H45N/c1-4-14-43(15-5-1)45-27-34-55(35-28-45)61(56-36-29-46(30-37-56)48-25-24-44-16-10-11-17-47(44)40-48)57-38-32-53(33-39-57)60(51-19-6-2-7-20-51,52-21-8-3-9-22-52)54-31-26-50-41-49-18-12-13-23-58(49)59(50)42-54/h1-25,27-30,32-40,42H,26,31,41H2. The van der Waals surface area contributed by atoms with E-state index in [1.807, 2.05) is 0 Å². The molecule has 0 saturated heterocycles. The number of hydrogen-bond acceptors (Lipinski definition) is 1. The van der Waals surface area contributed by atoms with E-state index < -0.39 is 5.41 Å². The Morgan fingerprint density at radius 1 is 0.361 bits per heavy atom. The van der Waals surface area contributed by atoms with Gasteiger partial charge in [-0.1, -0.05) is 200 Å². The third-order valence-electron chi connectivity index (χ3n) is 13.0. The monoisotopic (exact) mass is 779 g/mol. The van der Waals surface area contributed by atoms with Gasteiger partial charge in [0.25, 0.3) is 0 Å². The number of nitrogens with zero attached hydrogens (tertiary/aromatic N) is 1. The average Bonchev–Trinajstić information content (AvgIpc) is 3.72. The molecule has 2 aliphatic carbocycles. The first kappa shape index (κ1) is 36.6. The highest BCUT2D eigenvalue weighted by Gasteiger charge is 2.41. The van der Waals surface area contributed by atoms with Crippen molar-refractivity contribution in [3.8, 4) is 22.3 Å². The molecule has 0 unspecified atom stereocenters. The van der Waals surface area contributed by atoms with E-state index >= 15 is 0 Å². The summed E-state index contributed by atoms with van der Waals surface area (Å²) in [6.45, 7) is 0. The highest BCUT2D eigenvalue weighted by atomic mass is 15.1. The molecule has 0 spiro atoms. The van der Waals surface area contributed by atoms with Gasteiger partial charge in [-0.15, -0.1) is 0 Å². The normalized spacial score (nSPS) is 13.4. The van der Waals surface area contributed by atoms with Gasteiger partial charge in [0.05, 0.1) is 5.41 Å². The molecular weight excluding hydrogens is 735 g/mol. The summed E-state index contributed by atoms with van der Waals surface area (Å²) in [5.41, 5.74) is 18.8. The first-order valence-electron chi connectivity index (χ1n) is 21.5. The van der Waals surface area contributed by atoms with E-state index in [9.17, 15) is 0 Å². The molecule has 0 radical (unpaired) electrons. The molecule has 2 aliphatic rings. The third-order valence-corrected chi connectivity index (χ3v) is 13.0. The van der Waals surface area contributed by atoms with Crippen LogP contribution in [0.2, 0.25) is 0 Å². The Morgan fingerprint density at radius 3 is 1.48 bits per heavy atom. The van der Waals surface area contributed by atoms with Crippen molar-refractivity contribution in [3.05, 3.63) is 276 Å². The summed E-state index contributed by atoms with van der Waals surface area (Å²) in [7, 11) is 0. The van der Waals surface area contributed by atoms with Gasteiger partial charge in [0.15, 0.2) is 0 Å². The molecule has 0 bridgehead atoms. The van der Waals surface area contributed by atoms with Crippen LogP contribution in [0, 0.1) is 0 Å². The molecule has 0 aromatic heterocycles. The fourth-order valence-electron chi connectivity index (χ4n) is 10.0. The number of anilines is 3. The molecule has 0 heterocycles. The maximum Gasteiger partial charge on any atom is 0.0664 e. The summed E-state index contributed by atoms with van der Waals surface area (Å²) in [6, 6.07) is 84.8. The summed E-state index contributed by atoms with van der Waals surface area (Å²) < 4.78 is 0. The van der Waals surface area contributed by atoms with Gasteiger partial charge < -0.3 is 4.90 Å². The van der Waals surface area contributed by atoms with Gasteiger partial charge in [-0.05, 0) is 134 Å². The molecule has 11 rings (SSSR count). The Balaban J connectivity index is 1.04. The van der Waals surface area contributed by atoms with Crippen molar-refractivity contribution >= 4 is 33.4 Å². The van der Waals surface area contributed by atoms with Crippen molar-refractivity contribution in [2.75, 3.05) is 4.90 Å². The van der Waals surface area contributed by atoms with Crippen molar-refractivity contribution in [1.82, 2.24) is 0 Å². The highest BCUT2D eigenvalue weighted by Crippen LogP contribution is 2.52. The predicted molar refractivity (Wildman–Crippen MR) is 257 cm³/mol. The van der Waals surface area contributed by atoms with E-state index in [0.717, 1.165) is 36.3 Å². The van der Waals surface area contributed by atoms with Crippen molar-refractivity contribution in [2.45, 2.75) is 24.7 Å². The number of rotatable bonds is 9. The van der Waals surface area contributed by atoms with Crippen LogP contribution in [0.15, 0.2) is 248 Å². The molecule has 290 valence electrons. The van der Waals surface area contributed by atoms with Gasteiger partial charge in [-0.25, -0.2) is 0 Å². The quantitative estimate of drug-likeness (QED) is 0.132. The van der Waals surface area contributed by atoms with Crippen LogP contribution in [0.5, 0.6) is 0 Å². The van der Waals surface area contributed by atoms with Crippen LogP contribution >= 0.6 is 0 Å². The summed E-state index contributed by atoms with van der Waals surface area (Å²) in [4.78, 5) is 2.39. The van der Waals surface area contributed by atoms with Crippen LogP contribution in [-0.2, 0) is 11.8 Å². The van der Waals surface area contributed by atoms with E-state index in [2.05, 4.69) is 241 Å². The van der Waals surface area contributed by atoms with Gasteiger partial charge in [0.2, 0.25) is 0 Å². The fraction of sp³-hybridized carbons (Fsp3) is 0.0667. The zero-order valence-corrected chi connectivity index (χ0v) is 34.1. The minimum atomic E-state index is -0.485. The molecule has 0 aliphatic heterocycles. The minimum Gasteiger partial charge on any atom is -0.311 e. The zero-order chi connectivity index (χ0) is 40.6. The molecule has 1 nitrogen and oxygen atoms in total. The lowest BCUT2D eigenvalue weighted by molar-refractivity contribution is 0.669. The highest BCUT2D eigenvalue weighted by molar-refractivity contribution is 5.89. The summed E-state index contributed by atoms with van der Waals surface area (Å²) in [5.74, 6) is 0. The molecule has 0 amide bonds. The molecule has 9 aromatic rings. The molecule has 0 N–H and O–H groups in total. The molecule has 9 aromatic carbocycles. The predicted octanol–water partition coefficient (Wildman–Crippen LogP) is 15.7. The van der Waals surface area contributed by atoms with Crippen molar-refractivity contribution in [1.29, 1.82) is 0 Å². The van der Waals surface area contributed by atoms with Crippen molar-refractivity contribution in [2.24, 2.45) is 0 Å². The second-order valence-electron chi connectivity index (χ2n) is 16.4. The largest absolute Gasteiger partial charge is 0.311 e. The Morgan fingerprint density at radius 2 is 0.836 bits per heavy atom. The maximum atomic E-state index is 2.55. The van der Waals surface area contributed by atoms with Crippen LogP contribution in [0.3, 0.4) is 0 Å². The van der Waals surface area contributed by atoms with Crippen LogP contribution in [-0.4, -0.2) is 0 Å². The number of fused-ring (bicyclic) bond motifs is 3. The lowest BCUT2D eigenvalue weighted by Gasteiger charge is -2.40. The Hall–Kier alpha value is -7.48. The lowest BCUT2D eigenvalue weighted by Crippen LogP contribution is -2.33. The van der Waals surface area contributed by atoms with Crippen LogP contribution in [0.4, 0.5) is 17.1 Å². The zero-order valence-electron chi connectivity index (χ0n) is 34.1. The number of benzene rings is 9. The third kappa shape index (κ3) is 6.60. The Bertz CT molecular complexity index is 3010. The molecule has 0 saturated carbocycles. The first-order chi connectivity index (χ1) is 30.2. The van der Waals surface area contributed by atoms with E-state index in [0.29, 0.717) is 0 Å². The van der Waals surface area contributed by atoms with Gasteiger partial charge >= 0.3 is 0 Å². The van der Waals surface area contributed by atoms with Crippen molar-refractivity contribution < 1.29 is 0 Å². The lowest BCUT2D eigenvalue weighted by atomic mass is 9.62. The number of hydrogen-bond donors (Lipinski definition) is 0. The SMILES string of the molecule is C1=C(C(c2ccccc2)(c2ccccc2)c2ccc(N(c3ccc(-c4ccccc4)cc3)c3ccc(-c4ccc5ccccc5c4)cc3)cc2)CCC2=C1c1ccccc1C2. The topological polar surface area (TPSA) is 3.24 Å². The van der Waals surface area contributed by atoms with Gasteiger partial charge in [-0.2, -0.15) is 0 Å². The summed E-state index contributed by atoms with van der Waals surface area (Å²) in [6.07, 6.45) is 5.68. The van der Waals surface area contributed by atoms with E-state index in [1.165, 1.54) is 72.0 Å². The fourth-order valence-corrected chi connectivity index (χ4v) is 10.0. The summed E-state index contributed by atoms with van der Waals surface area (Å²) in [5, 5.41) is 2.51. The summed E-state index contributed by atoms with van der Waals surface area (Å²) >= 11 is 0. The first-order valence-corrected chi connectivity index (χ1v) is 21.5. The second kappa shape index (κ2) is 15.6. The van der Waals surface area contributed by atoms with E-state index in [1.54, 1.807) is 5.57 Å². The molecule has 1 heteroatoms.